The van der Waals surface area contributed by atoms with Crippen LogP contribution >= 0.6 is 0 Å². The van der Waals surface area contributed by atoms with Crippen LogP contribution in [0.2, 0.25) is 0 Å². The quantitative estimate of drug-likeness (QED) is 0.637. The Hall–Kier alpha value is -3.08. The highest BCUT2D eigenvalue weighted by Crippen LogP contribution is 2.24. The zero-order valence-corrected chi connectivity index (χ0v) is 15.6. The first-order valence-electron chi connectivity index (χ1n) is 9.10. The summed E-state index contributed by atoms with van der Waals surface area (Å²) < 4.78 is 11.1. The van der Waals surface area contributed by atoms with Crippen LogP contribution in [-0.2, 0) is 11.2 Å². The summed E-state index contributed by atoms with van der Waals surface area (Å²) >= 11 is 0. The third kappa shape index (κ3) is 4.97. The highest BCUT2D eigenvalue weighted by molar-refractivity contribution is 5.76. The van der Waals surface area contributed by atoms with Gasteiger partial charge in [0.1, 0.15) is 5.75 Å². The van der Waals surface area contributed by atoms with Gasteiger partial charge < -0.3 is 14.5 Å². The molecule has 2 aromatic carbocycles. The highest BCUT2D eigenvalue weighted by atomic mass is 16.5. The minimum Gasteiger partial charge on any atom is -0.496 e. The Morgan fingerprint density at radius 1 is 1.15 bits per heavy atom. The van der Waals surface area contributed by atoms with Crippen LogP contribution < -0.4 is 10.1 Å². The fourth-order valence-corrected chi connectivity index (χ4v) is 2.98. The average Bonchev–Trinajstić information content (AvgIpc) is 3.17. The van der Waals surface area contributed by atoms with Crippen LogP contribution in [0.3, 0.4) is 0 Å². The number of carbonyl (C=O) groups excluding carboxylic acids is 1. The summed E-state index contributed by atoms with van der Waals surface area (Å²) in [6.45, 7) is 1.95. The van der Waals surface area contributed by atoms with Crippen LogP contribution in [0.4, 0.5) is 0 Å². The van der Waals surface area contributed by atoms with E-state index in [-0.39, 0.29) is 11.9 Å². The van der Waals surface area contributed by atoms with E-state index in [0.29, 0.717) is 25.2 Å². The number of nitrogens with zero attached hydrogens (tertiary/aromatic N) is 1. The standard InChI is InChI=1S/C22H24N2O3/c1-16(18-11-6-7-12-19(18)26-2)24-21(25)13-8-14-22-23-15-20(27-22)17-9-4-3-5-10-17/h3-7,9-12,15-16H,8,13-14H2,1-2H3,(H,24,25). The molecule has 1 unspecified atom stereocenters. The van der Waals surface area contributed by atoms with Crippen molar-refractivity contribution in [2.45, 2.75) is 32.2 Å². The smallest absolute Gasteiger partial charge is 0.220 e. The van der Waals surface area contributed by atoms with Gasteiger partial charge in [-0.2, -0.15) is 0 Å². The third-order valence-corrected chi connectivity index (χ3v) is 4.39. The van der Waals surface area contributed by atoms with Gasteiger partial charge in [0.25, 0.3) is 0 Å². The first kappa shape index (κ1) is 18.7. The monoisotopic (exact) mass is 364 g/mol. The van der Waals surface area contributed by atoms with Crippen molar-refractivity contribution in [3.63, 3.8) is 0 Å². The molecule has 0 saturated heterocycles. The van der Waals surface area contributed by atoms with Gasteiger partial charge in [-0.1, -0.05) is 48.5 Å². The second-order valence-corrected chi connectivity index (χ2v) is 6.37. The maximum atomic E-state index is 12.2. The number of para-hydroxylation sites is 1. The summed E-state index contributed by atoms with van der Waals surface area (Å²) in [5.41, 5.74) is 1.97. The van der Waals surface area contributed by atoms with Gasteiger partial charge in [0.2, 0.25) is 5.91 Å². The van der Waals surface area contributed by atoms with Crippen LogP contribution in [0, 0.1) is 0 Å². The predicted molar refractivity (Wildman–Crippen MR) is 104 cm³/mol. The molecule has 5 nitrogen and oxygen atoms in total. The molecule has 0 radical (unpaired) electrons. The number of amides is 1. The van der Waals surface area contributed by atoms with Gasteiger partial charge >= 0.3 is 0 Å². The minimum absolute atomic E-state index is 0.00300. The second kappa shape index (κ2) is 9.03. The van der Waals surface area contributed by atoms with Gasteiger partial charge in [0.15, 0.2) is 11.7 Å². The SMILES string of the molecule is COc1ccccc1C(C)NC(=O)CCCc1ncc(-c2ccccc2)o1. The Balaban J connectivity index is 1.48. The number of hydrogen-bond acceptors (Lipinski definition) is 4. The Morgan fingerprint density at radius 2 is 1.89 bits per heavy atom. The number of benzene rings is 2. The van der Waals surface area contributed by atoms with E-state index in [1.165, 1.54) is 0 Å². The zero-order valence-electron chi connectivity index (χ0n) is 15.6. The molecule has 0 spiro atoms. The Morgan fingerprint density at radius 3 is 2.67 bits per heavy atom. The maximum Gasteiger partial charge on any atom is 0.220 e. The third-order valence-electron chi connectivity index (χ3n) is 4.39. The summed E-state index contributed by atoms with van der Waals surface area (Å²) in [5, 5.41) is 3.02. The van der Waals surface area contributed by atoms with E-state index in [1.807, 2.05) is 61.5 Å². The molecule has 0 saturated carbocycles. The molecular formula is C22H24N2O3. The molecule has 1 atom stereocenters. The number of rotatable bonds is 8. The van der Waals surface area contributed by atoms with Crippen molar-refractivity contribution in [3.05, 3.63) is 72.2 Å². The van der Waals surface area contributed by atoms with E-state index in [0.717, 1.165) is 22.6 Å². The van der Waals surface area contributed by atoms with E-state index in [2.05, 4.69) is 10.3 Å². The van der Waals surface area contributed by atoms with Gasteiger partial charge in [-0.15, -0.1) is 0 Å². The van der Waals surface area contributed by atoms with Crippen LogP contribution in [0.1, 0.15) is 37.3 Å². The summed E-state index contributed by atoms with van der Waals surface area (Å²) in [4.78, 5) is 16.5. The number of nitrogens with one attached hydrogen (secondary N) is 1. The molecule has 0 aliphatic rings. The van der Waals surface area contributed by atoms with Crippen LogP contribution in [0.15, 0.2) is 65.2 Å². The van der Waals surface area contributed by atoms with Crippen LogP contribution in [0.25, 0.3) is 11.3 Å². The van der Waals surface area contributed by atoms with Gasteiger partial charge in [0, 0.05) is 24.0 Å². The Bertz CT molecular complexity index is 874. The van der Waals surface area contributed by atoms with Crippen molar-refractivity contribution < 1.29 is 13.9 Å². The van der Waals surface area contributed by atoms with Gasteiger partial charge in [-0.25, -0.2) is 4.98 Å². The van der Waals surface area contributed by atoms with Gasteiger partial charge in [-0.3, -0.25) is 4.79 Å². The molecule has 1 heterocycles. The summed E-state index contributed by atoms with van der Waals surface area (Å²) in [6.07, 6.45) is 3.46. The Kier molecular flexibility index (Phi) is 6.26. The maximum absolute atomic E-state index is 12.2. The number of ether oxygens (including phenoxy) is 1. The fraction of sp³-hybridized carbons (Fsp3) is 0.273. The molecule has 0 aliphatic carbocycles. The van der Waals surface area contributed by atoms with E-state index in [4.69, 9.17) is 9.15 Å². The first-order chi connectivity index (χ1) is 13.2. The molecular weight excluding hydrogens is 340 g/mol. The summed E-state index contributed by atoms with van der Waals surface area (Å²) in [6, 6.07) is 17.5. The molecule has 1 N–H and O–H groups in total. The van der Waals surface area contributed by atoms with Crippen LogP contribution in [0.5, 0.6) is 5.75 Å². The molecule has 0 bridgehead atoms. The van der Waals surface area contributed by atoms with E-state index >= 15 is 0 Å². The molecule has 0 fully saturated rings. The zero-order chi connectivity index (χ0) is 19.1. The van der Waals surface area contributed by atoms with E-state index in [1.54, 1.807) is 13.3 Å². The topological polar surface area (TPSA) is 64.4 Å². The number of aryl methyl sites for hydroxylation is 1. The number of aromatic nitrogens is 1. The van der Waals surface area contributed by atoms with Gasteiger partial charge in [-0.05, 0) is 19.4 Å². The lowest BCUT2D eigenvalue weighted by Gasteiger charge is -2.17. The summed E-state index contributed by atoms with van der Waals surface area (Å²) in [5.74, 6) is 2.18. The summed E-state index contributed by atoms with van der Waals surface area (Å²) in [7, 11) is 1.63. The van der Waals surface area contributed by atoms with Crippen molar-refractivity contribution in [2.24, 2.45) is 0 Å². The van der Waals surface area contributed by atoms with Crippen molar-refractivity contribution in [3.8, 4) is 17.1 Å². The molecule has 3 aromatic rings. The lowest BCUT2D eigenvalue weighted by Crippen LogP contribution is -2.26. The van der Waals surface area contributed by atoms with Crippen molar-refractivity contribution >= 4 is 5.91 Å². The van der Waals surface area contributed by atoms with Crippen LogP contribution in [-0.4, -0.2) is 18.0 Å². The highest BCUT2D eigenvalue weighted by Gasteiger charge is 2.14. The molecule has 1 amide bonds. The number of hydrogen-bond donors (Lipinski definition) is 1. The number of oxazole rings is 1. The van der Waals surface area contributed by atoms with E-state index < -0.39 is 0 Å². The van der Waals surface area contributed by atoms with Crippen molar-refractivity contribution in [1.29, 1.82) is 0 Å². The fourth-order valence-electron chi connectivity index (χ4n) is 2.98. The molecule has 27 heavy (non-hydrogen) atoms. The Labute approximate surface area is 159 Å². The lowest BCUT2D eigenvalue weighted by molar-refractivity contribution is -0.121. The largest absolute Gasteiger partial charge is 0.496 e. The first-order valence-corrected chi connectivity index (χ1v) is 9.10. The van der Waals surface area contributed by atoms with E-state index in [9.17, 15) is 4.79 Å². The predicted octanol–water partition coefficient (Wildman–Crippen LogP) is 4.55. The van der Waals surface area contributed by atoms with Crippen molar-refractivity contribution in [1.82, 2.24) is 10.3 Å². The molecule has 3 rings (SSSR count). The number of methoxy groups -OCH3 is 1. The average molecular weight is 364 g/mol. The second-order valence-electron chi connectivity index (χ2n) is 6.37. The molecule has 140 valence electrons. The number of carbonyl (C=O) groups is 1. The minimum atomic E-state index is -0.111. The molecule has 1 aromatic heterocycles. The molecule has 5 heteroatoms. The van der Waals surface area contributed by atoms with Gasteiger partial charge in [0.05, 0.1) is 19.3 Å². The molecule has 0 aliphatic heterocycles. The normalized spacial score (nSPS) is 11.8. The van der Waals surface area contributed by atoms with Crippen molar-refractivity contribution in [2.75, 3.05) is 7.11 Å². The lowest BCUT2D eigenvalue weighted by atomic mass is 10.1.